The molecule has 3 N–H and O–H groups in total. The van der Waals surface area contributed by atoms with Gasteiger partial charge in [-0.05, 0) is 25.8 Å². The highest BCUT2D eigenvalue weighted by atomic mass is 16.3. The summed E-state index contributed by atoms with van der Waals surface area (Å²) < 4.78 is 2.72. The lowest BCUT2D eigenvalue weighted by atomic mass is 10.1. The molecule has 0 aliphatic heterocycles. The number of aryl methyl sites for hydroxylation is 1. The third-order valence-corrected chi connectivity index (χ3v) is 7.42. The van der Waals surface area contributed by atoms with Crippen LogP contribution in [0, 0.1) is 0 Å². The van der Waals surface area contributed by atoms with Gasteiger partial charge in [0.2, 0.25) is 0 Å². The van der Waals surface area contributed by atoms with E-state index in [1.807, 2.05) is 0 Å². The molecule has 2 heterocycles. The average molecular weight is 520 g/mol. The molecule has 0 aliphatic rings. The predicted octanol–water partition coefficient (Wildman–Crippen LogP) is 5.42. The number of unbranched alkanes of at least 4 members (excludes halogenated alkanes) is 15. The van der Waals surface area contributed by atoms with E-state index in [2.05, 4.69) is 22.2 Å². The van der Waals surface area contributed by atoms with Crippen molar-refractivity contribution in [1.82, 2.24) is 24.4 Å². The Bertz CT molecular complexity index is 965. The highest BCUT2D eigenvalue weighted by Gasteiger charge is 2.12. The minimum Gasteiger partial charge on any atom is -0.392 e. The van der Waals surface area contributed by atoms with E-state index >= 15 is 0 Å². The molecular weight excluding hydrogens is 466 g/mol. The maximum atomic E-state index is 12.5. The largest absolute Gasteiger partial charge is 0.392 e. The topological polar surface area (TPSA) is 105 Å². The fourth-order valence-electron chi connectivity index (χ4n) is 5.03. The van der Waals surface area contributed by atoms with Crippen LogP contribution in [-0.2, 0) is 13.6 Å². The molecule has 8 nitrogen and oxygen atoms in total. The summed E-state index contributed by atoms with van der Waals surface area (Å²) in [7, 11) is 1.64. The van der Waals surface area contributed by atoms with Crippen LogP contribution in [-0.4, -0.2) is 43.4 Å². The van der Waals surface area contributed by atoms with E-state index in [1.165, 1.54) is 92.5 Å². The van der Waals surface area contributed by atoms with Crippen LogP contribution in [0.2, 0.25) is 0 Å². The number of imidazole rings is 1. The molecule has 2 aromatic rings. The summed E-state index contributed by atoms with van der Waals surface area (Å²) in [6, 6.07) is 0. The zero-order chi connectivity index (χ0) is 26.7. The highest BCUT2D eigenvalue weighted by molar-refractivity contribution is 5.68. The van der Waals surface area contributed by atoms with E-state index in [-0.39, 0.29) is 17.4 Å². The van der Waals surface area contributed by atoms with Gasteiger partial charge in [0.1, 0.15) is 5.52 Å². The quantitative estimate of drug-likeness (QED) is 0.170. The Hall–Kier alpha value is -1.93. The molecule has 0 bridgehead atoms. The second-order valence-corrected chi connectivity index (χ2v) is 10.7. The molecule has 0 radical (unpaired) electrons. The number of hydrogen-bond acceptors (Lipinski definition) is 5. The first-order valence-electron chi connectivity index (χ1n) is 15.1. The second kappa shape index (κ2) is 19.2. The molecule has 2 rings (SSSR count). The molecule has 0 saturated carbocycles. The third kappa shape index (κ3) is 12.0. The number of rotatable bonds is 23. The average Bonchev–Trinajstić information content (AvgIpc) is 3.39. The summed E-state index contributed by atoms with van der Waals surface area (Å²) in [5.41, 5.74) is 0.162. The number of aliphatic hydroxyl groups excluding tert-OH is 1. The van der Waals surface area contributed by atoms with E-state index in [0.29, 0.717) is 24.3 Å². The fourth-order valence-corrected chi connectivity index (χ4v) is 5.03. The lowest BCUT2D eigenvalue weighted by molar-refractivity contribution is 0.158. The standard InChI is InChI=1S/C29H53N5O3/c1-3-4-5-6-7-8-9-10-11-12-15-18-21-30-23-25(35)20-17-14-13-16-19-22-34-28(36)26-27(32-24-31-26)33(2)29(34)37/h24-25,30,35H,3-23H2,1-2H3,(H,31,32). The molecule has 0 amide bonds. The van der Waals surface area contributed by atoms with Crippen molar-refractivity contribution in [2.75, 3.05) is 13.1 Å². The lowest BCUT2D eigenvalue weighted by Gasteiger charge is -2.12. The smallest absolute Gasteiger partial charge is 0.332 e. The van der Waals surface area contributed by atoms with Gasteiger partial charge >= 0.3 is 5.69 Å². The van der Waals surface area contributed by atoms with Crippen molar-refractivity contribution in [2.45, 2.75) is 135 Å². The predicted molar refractivity (Wildman–Crippen MR) is 153 cm³/mol. The number of nitrogens with zero attached hydrogens (tertiary/aromatic N) is 3. The molecule has 37 heavy (non-hydrogen) atoms. The van der Waals surface area contributed by atoms with Gasteiger partial charge in [0.25, 0.3) is 5.56 Å². The van der Waals surface area contributed by atoms with E-state index < -0.39 is 0 Å². The van der Waals surface area contributed by atoms with Gasteiger partial charge in [-0.25, -0.2) is 9.78 Å². The zero-order valence-electron chi connectivity index (χ0n) is 23.6. The van der Waals surface area contributed by atoms with Crippen molar-refractivity contribution in [3.8, 4) is 0 Å². The Morgan fingerprint density at radius 1 is 0.865 bits per heavy atom. The summed E-state index contributed by atoms with van der Waals surface area (Å²) in [4.78, 5) is 31.8. The molecule has 1 unspecified atom stereocenters. The molecule has 1 atom stereocenters. The third-order valence-electron chi connectivity index (χ3n) is 7.42. The minimum atomic E-state index is -0.316. The number of aromatic amines is 1. The van der Waals surface area contributed by atoms with E-state index in [0.717, 1.165) is 45.1 Å². The Balaban J connectivity index is 1.38. The molecular formula is C29H53N5O3. The number of H-pyrrole nitrogens is 1. The van der Waals surface area contributed by atoms with Gasteiger partial charge in [-0.15, -0.1) is 0 Å². The fraction of sp³-hybridized carbons (Fsp3) is 0.828. The number of hydrogen-bond donors (Lipinski definition) is 3. The maximum absolute atomic E-state index is 12.5. The van der Waals surface area contributed by atoms with Gasteiger partial charge in [-0.2, -0.15) is 0 Å². The van der Waals surface area contributed by atoms with Crippen molar-refractivity contribution in [3.63, 3.8) is 0 Å². The van der Waals surface area contributed by atoms with Crippen LogP contribution in [0.4, 0.5) is 0 Å². The summed E-state index contributed by atoms with van der Waals surface area (Å²) in [6.45, 7) is 4.37. The normalized spacial score (nSPS) is 12.5. The van der Waals surface area contributed by atoms with Crippen molar-refractivity contribution < 1.29 is 5.11 Å². The van der Waals surface area contributed by atoms with Gasteiger partial charge < -0.3 is 15.4 Å². The van der Waals surface area contributed by atoms with Crippen LogP contribution >= 0.6 is 0 Å². The molecule has 0 fully saturated rings. The number of nitrogens with one attached hydrogen (secondary N) is 2. The van der Waals surface area contributed by atoms with Gasteiger partial charge in [-0.3, -0.25) is 13.9 Å². The monoisotopic (exact) mass is 519 g/mol. The number of aromatic nitrogens is 4. The van der Waals surface area contributed by atoms with Crippen LogP contribution < -0.4 is 16.6 Å². The summed E-state index contributed by atoms with van der Waals surface area (Å²) in [5, 5.41) is 13.6. The van der Waals surface area contributed by atoms with E-state index in [1.54, 1.807) is 7.05 Å². The number of fused-ring (bicyclic) bond motifs is 1. The van der Waals surface area contributed by atoms with Crippen molar-refractivity contribution in [3.05, 3.63) is 27.2 Å². The van der Waals surface area contributed by atoms with Crippen LogP contribution in [0.3, 0.4) is 0 Å². The van der Waals surface area contributed by atoms with Gasteiger partial charge in [0, 0.05) is 20.1 Å². The highest BCUT2D eigenvalue weighted by Crippen LogP contribution is 2.12. The van der Waals surface area contributed by atoms with Gasteiger partial charge in [-0.1, -0.05) is 103 Å². The van der Waals surface area contributed by atoms with Crippen molar-refractivity contribution >= 4 is 11.2 Å². The minimum absolute atomic E-state index is 0.278. The van der Waals surface area contributed by atoms with E-state index in [4.69, 9.17) is 0 Å². The molecule has 0 saturated heterocycles. The summed E-state index contributed by atoms with van der Waals surface area (Å²) in [5.74, 6) is 0. The Kier molecular flexibility index (Phi) is 16.2. The lowest BCUT2D eigenvalue weighted by Crippen LogP contribution is -2.39. The molecule has 8 heteroatoms. The van der Waals surface area contributed by atoms with Crippen LogP contribution in [0.15, 0.2) is 15.9 Å². The Morgan fingerprint density at radius 2 is 1.43 bits per heavy atom. The van der Waals surface area contributed by atoms with Crippen LogP contribution in [0.1, 0.15) is 122 Å². The maximum Gasteiger partial charge on any atom is 0.332 e. The van der Waals surface area contributed by atoms with Crippen molar-refractivity contribution in [1.29, 1.82) is 0 Å². The Labute approximate surface area is 223 Å². The van der Waals surface area contributed by atoms with Crippen LogP contribution in [0.5, 0.6) is 0 Å². The second-order valence-electron chi connectivity index (χ2n) is 10.7. The van der Waals surface area contributed by atoms with Gasteiger partial charge in [0.05, 0.1) is 12.4 Å². The summed E-state index contributed by atoms with van der Waals surface area (Å²) >= 11 is 0. The first-order valence-corrected chi connectivity index (χ1v) is 15.1. The van der Waals surface area contributed by atoms with E-state index in [9.17, 15) is 14.7 Å². The summed E-state index contributed by atoms with van der Waals surface area (Å²) in [6.07, 6.45) is 23.2. The van der Waals surface area contributed by atoms with Crippen LogP contribution in [0.25, 0.3) is 11.2 Å². The van der Waals surface area contributed by atoms with Gasteiger partial charge in [0.15, 0.2) is 5.65 Å². The zero-order valence-corrected chi connectivity index (χ0v) is 23.6. The first-order chi connectivity index (χ1) is 18.1. The Morgan fingerprint density at radius 3 is 2.08 bits per heavy atom. The SMILES string of the molecule is CCCCCCCCCCCCCCNCC(O)CCCCCCCn1c(=O)c2[nH]cnc2n(C)c1=O. The molecule has 0 aliphatic carbocycles. The molecule has 0 spiro atoms. The van der Waals surface area contributed by atoms with Crippen molar-refractivity contribution in [2.24, 2.45) is 7.05 Å². The molecule has 0 aromatic carbocycles. The number of aliphatic hydroxyl groups is 1. The molecule has 212 valence electrons. The first kappa shape index (κ1) is 31.3. The molecule has 2 aromatic heterocycles.